The van der Waals surface area contributed by atoms with Gasteiger partial charge in [-0.2, -0.15) is 0 Å². The molecule has 0 aliphatic heterocycles. The molecular formula is C17H15N3O3. The summed E-state index contributed by atoms with van der Waals surface area (Å²) in [5.41, 5.74) is 0.979. The van der Waals surface area contributed by atoms with E-state index in [9.17, 15) is 9.59 Å². The number of anilines is 1. The highest BCUT2D eigenvalue weighted by Crippen LogP contribution is 2.23. The molecule has 0 saturated carbocycles. The maximum Gasteiger partial charge on any atom is 0.261 e. The van der Waals surface area contributed by atoms with Gasteiger partial charge >= 0.3 is 0 Å². The first-order valence-electron chi connectivity index (χ1n) is 6.99. The van der Waals surface area contributed by atoms with Crippen molar-refractivity contribution >= 4 is 22.5 Å². The zero-order valence-corrected chi connectivity index (χ0v) is 12.7. The summed E-state index contributed by atoms with van der Waals surface area (Å²) in [6.45, 7) is 0. The molecule has 23 heavy (non-hydrogen) atoms. The first kappa shape index (κ1) is 14.8. The summed E-state index contributed by atoms with van der Waals surface area (Å²) in [4.78, 5) is 28.9. The van der Waals surface area contributed by atoms with Crippen molar-refractivity contribution in [3.05, 3.63) is 64.7 Å². The number of ether oxygens (including phenoxy) is 1. The molecule has 0 aliphatic rings. The number of carbonyl (C=O) groups is 1. The van der Waals surface area contributed by atoms with E-state index in [-0.39, 0.29) is 11.0 Å². The predicted molar refractivity (Wildman–Crippen MR) is 87.9 cm³/mol. The number of benzene rings is 1. The SMILES string of the molecule is COc1cccc2c(=O)c(C(=O)Nc3ccncc3)cn(C)c12. The van der Waals surface area contributed by atoms with Gasteiger partial charge in [0, 0.05) is 31.3 Å². The summed E-state index contributed by atoms with van der Waals surface area (Å²) < 4.78 is 7.01. The number of methoxy groups -OCH3 is 1. The molecule has 0 unspecified atom stereocenters. The topological polar surface area (TPSA) is 73.2 Å². The Morgan fingerprint density at radius 1 is 1.22 bits per heavy atom. The number of hydrogen-bond acceptors (Lipinski definition) is 4. The van der Waals surface area contributed by atoms with Gasteiger partial charge in [0.2, 0.25) is 5.43 Å². The molecule has 1 amide bonds. The molecule has 0 aliphatic carbocycles. The van der Waals surface area contributed by atoms with E-state index in [4.69, 9.17) is 4.74 Å². The smallest absolute Gasteiger partial charge is 0.261 e. The second-order valence-electron chi connectivity index (χ2n) is 5.03. The van der Waals surface area contributed by atoms with Crippen LogP contribution in [0.1, 0.15) is 10.4 Å². The van der Waals surface area contributed by atoms with Crippen molar-refractivity contribution in [1.29, 1.82) is 0 Å². The number of nitrogens with zero attached hydrogens (tertiary/aromatic N) is 2. The third-order valence-corrected chi connectivity index (χ3v) is 3.57. The van der Waals surface area contributed by atoms with Gasteiger partial charge in [-0.1, -0.05) is 6.07 Å². The highest BCUT2D eigenvalue weighted by Gasteiger charge is 2.16. The summed E-state index contributed by atoms with van der Waals surface area (Å²) >= 11 is 0. The number of nitrogens with one attached hydrogen (secondary N) is 1. The van der Waals surface area contributed by atoms with Crippen LogP contribution in [-0.2, 0) is 7.05 Å². The molecule has 0 saturated heterocycles. The molecule has 0 atom stereocenters. The minimum atomic E-state index is -0.457. The van der Waals surface area contributed by atoms with Crippen molar-refractivity contribution in [3.8, 4) is 5.75 Å². The lowest BCUT2D eigenvalue weighted by atomic mass is 10.1. The summed E-state index contributed by atoms with van der Waals surface area (Å²) in [6, 6.07) is 8.51. The highest BCUT2D eigenvalue weighted by molar-refractivity contribution is 6.06. The summed E-state index contributed by atoms with van der Waals surface area (Å²) in [5.74, 6) is 0.129. The maximum atomic E-state index is 12.6. The van der Waals surface area contributed by atoms with Crippen molar-refractivity contribution in [3.63, 3.8) is 0 Å². The number of rotatable bonds is 3. The maximum absolute atomic E-state index is 12.6. The molecule has 2 aromatic heterocycles. The monoisotopic (exact) mass is 309 g/mol. The zero-order chi connectivity index (χ0) is 16.4. The van der Waals surface area contributed by atoms with Crippen LogP contribution in [0.5, 0.6) is 5.75 Å². The average molecular weight is 309 g/mol. The second kappa shape index (κ2) is 5.92. The van der Waals surface area contributed by atoms with Crippen LogP contribution in [0.15, 0.2) is 53.7 Å². The molecule has 1 N–H and O–H groups in total. The molecule has 1 aromatic carbocycles. The molecule has 116 valence electrons. The molecular weight excluding hydrogens is 294 g/mol. The lowest BCUT2D eigenvalue weighted by Crippen LogP contribution is -2.23. The fourth-order valence-corrected chi connectivity index (χ4v) is 2.49. The van der Waals surface area contributed by atoms with Gasteiger partial charge in [-0.15, -0.1) is 0 Å². The fourth-order valence-electron chi connectivity index (χ4n) is 2.49. The highest BCUT2D eigenvalue weighted by atomic mass is 16.5. The van der Waals surface area contributed by atoms with Crippen LogP contribution in [0, 0.1) is 0 Å². The van der Waals surface area contributed by atoms with E-state index in [1.54, 1.807) is 61.5 Å². The van der Waals surface area contributed by atoms with Crippen LogP contribution >= 0.6 is 0 Å². The van der Waals surface area contributed by atoms with Gasteiger partial charge in [-0.05, 0) is 24.3 Å². The Morgan fingerprint density at radius 2 is 1.96 bits per heavy atom. The normalized spacial score (nSPS) is 10.5. The third kappa shape index (κ3) is 2.66. The molecule has 3 rings (SSSR count). The van der Waals surface area contributed by atoms with Crippen molar-refractivity contribution in [2.24, 2.45) is 7.05 Å². The number of fused-ring (bicyclic) bond motifs is 1. The largest absolute Gasteiger partial charge is 0.495 e. The number of carbonyl (C=O) groups excluding carboxylic acids is 1. The molecule has 3 aromatic rings. The molecule has 6 heteroatoms. The van der Waals surface area contributed by atoms with E-state index < -0.39 is 5.91 Å². The van der Waals surface area contributed by atoms with Gasteiger partial charge in [0.25, 0.3) is 5.91 Å². The summed E-state index contributed by atoms with van der Waals surface area (Å²) in [6.07, 6.45) is 4.65. The molecule has 0 bridgehead atoms. The lowest BCUT2D eigenvalue weighted by Gasteiger charge is -2.12. The first-order valence-corrected chi connectivity index (χ1v) is 6.99. The zero-order valence-electron chi connectivity index (χ0n) is 12.7. The van der Waals surface area contributed by atoms with E-state index in [1.165, 1.54) is 6.20 Å². The van der Waals surface area contributed by atoms with Gasteiger partial charge < -0.3 is 14.6 Å². The molecule has 6 nitrogen and oxygen atoms in total. The van der Waals surface area contributed by atoms with Gasteiger partial charge in [-0.3, -0.25) is 14.6 Å². The Bertz CT molecular complexity index is 933. The third-order valence-electron chi connectivity index (χ3n) is 3.57. The fraction of sp³-hybridized carbons (Fsp3) is 0.118. The van der Waals surface area contributed by atoms with E-state index in [0.717, 1.165) is 0 Å². The van der Waals surface area contributed by atoms with Gasteiger partial charge in [0.15, 0.2) is 0 Å². The average Bonchev–Trinajstić information content (AvgIpc) is 2.58. The summed E-state index contributed by atoms with van der Waals surface area (Å²) in [5, 5.41) is 3.14. The quantitative estimate of drug-likeness (QED) is 0.805. The minimum absolute atomic E-state index is 0.0741. The van der Waals surface area contributed by atoms with Gasteiger partial charge in [0.1, 0.15) is 11.3 Å². The van der Waals surface area contributed by atoms with Crippen LogP contribution in [-0.4, -0.2) is 22.6 Å². The number of aryl methyl sites for hydroxylation is 1. The predicted octanol–water partition coefficient (Wildman–Crippen LogP) is 2.19. The van der Waals surface area contributed by atoms with Gasteiger partial charge in [0.05, 0.1) is 18.0 Å². The van der Waals surface area contributed by atoms with Crippen molar-refractivity contribution in [1.82, 2.24) is 9.55 Å². The minimum Gasteiger partial charge on any atom is -0.495 e. The Labute approximate surface area is 132 Å². The Balaban J connectivity index is 2.11. The molecule has 2 heterocycles. The van der Waals surface area contributed by atoms with Crippen LogP contribution in [0.3, 0.4) is 0 Å². The van der Waals surface area contributed by atoms with Crippen LogP contribution < -0.4 is 15.5 Å². The lowest BCUT2D eigenvalue weighted by molar-refractivity contribution is 0.102. The van der Waals surface area contributed by atoms with Crippen molar-refractivity contribution in [2.45, 2.75) is 0 Å². The van der Waals surface area contributed by atoms with Gasteiger partial charge in [-0.25, -0.2) is 0 Å². The van der Waals surface area contributed by atoms with E-state index >= 15 is 0 Å². The van der Waals surface area contributed by atoms with Crippen LogP contribution in [0.4, 0.5) is 5.69 Å². The molecule has 0 radical (unpaired) electrons. The molecule has 0 spiro atoms. The van der Waals surface area contributed by atoms with E-state index in [0.29, 0.717) is 22.3 Å². The number of para-hydroxylation sites is 1. The Morgan fingerprint density at radius 3 is 2.65 bits per heavy atom. The standard InChI is InChI=1S/C17H15N3O3/c1-20-10-13(17(22)19-11-6-8-18-9-7-11)16(21)12-4-3-5-14(23-2)15(12)20/h3-10H,1-2H3,(H,18,19,22). The number of hydrogen-bond donors (Lipinski definition) is 1. The molecule has 0 fully saturated rings. The van der Waals surface area contributed by atoms with Crippen molar-refractivity contribution in [2.75, 3.05) is 12.4 Å². The second-order valence-corrected chi connectivity index (χ2v) is 5.03. The first-order chi connectivity index (χ1) is 11.1. The number of aromatic nitrogens is 2. The van der Waals surface area contributed by atoms with Crippen LogP contribution in [0.2, 0.25) is 0 Å². The number of pyridine rings is 2. The van der Waals surface area contributed by atoms with E-state index in [2.05, 4.69) is 10.3 Å². The Kier molecular flexibility index (Phi) is 3.80. The van der Waals surface area contributed by atoms with Crippen molar-refractivity contribution < 1.29 is 9.53 Å². The Hall–Kier alpha value is -3.15. The number of amides is 1. The van der Waals surface area contributed by atoms with E-state index in [1.807, 2.05) is 0 Å². The summed E-state index contributed by atoms with van der Waals surface area (Å²) in [7, 11) is 3.32. The van der Waals surface area contributed by atoms with Crippen LogP contribution in [0.25, 0.3) is 10.9 Å².